The molecule has 4 rings (SSSR count). The number of ether oxygens (including phenoxy) is 1. The highest BCUT2D eigenvalue weighted by Crippen LogP contribution is 2.36. The van der Waals surface area contributed by atoms with Crippen LogP contribution in [0.15, 0.2) is 36.9 Å². The Labute approximate surface area is 149 Å². The fourth-order valence-electron chi connectivity index (χ4n) is 4.02. The predicted molar refractivity (Wildman–Crippen MR) is 101 cm³/mol. The molecular formula is C21H28N2O2. The number of β-amino-alcohol motifs (C(OH)–C–C–N with tert-alkyl or cyclic N) is 1. The summed E-state index contributed by atoms with van der Waals surface area (Å²) >= 11 is 0. The minimum Gasteiger partial charge on any atom is -0.389 e. The zero-order valence-corrected chi connectivity index (χ0v) is 14.9. The van der Waals surface area contributed by atoms with E-state index in [9.17, 15) is 5.11 Å². The number of rotatable bonds is 8. The van der Waals surface area contributed by atoms with Crippen molar-refractivity contribution in [3.63, 3.8) is 0 Å². The third-order valence-electron chi connectivity index (χ3n) is 5.39. The molecule has 1 aliphatic carbocycles. The van der Waals surface area contributed by atoms with Gasteiger partial charge in [0.25, 0.3) is 0 Å². The molecule has 1 unspecified atom stereocenters. The molecule has 25 heavy (non-hydrogen) atoms. The van der Waals surface area contributed by atoms with Crippen molar-refractivity contribution in [2.45, 2.75) is 38.5 Å². The van der Waals surface area contributed by atoms with E-state index in [2.05, 4.69) is 40.3 Å². The Balaban J connectivity index is 1.51. The molecule has 1 atom stereocenters. The molecule has 0 spiro atoms. The van der Waals surface area contributed by atoms with Gasteiger partial charge in [0.2, 0.25) is 0 Å². The predicted octanol–water partition coefficient (Wildman–Crippen LogP) is 2.97. The number of nitrogens with zero attached hydrogens (tertiary/aromatic N) is 2. The SMILES string of the molecule is C=CCOCC(O)CN1CCc2c(c3ccccc3n2CC2CC2)C1. The number of fused-ring (bicyclic) bond motifs is 3. The molecule has 2 aliphatic rings. The summed E-state index contributed by atoms with van der Waals surface area (Å²) in [5.41, 5.74) is 4.36. The monoisotopic (exact) mass is 340 g/mol. The topological polar surface area (TPSA) is 37.6 Å². The molecule has 0 saturated heterocycles. The lowest BCUT2D eigenvalue weighted by atomic mass is 10.0. The van der Waals surface area contributed by atoms with Crippen molar-refractivity contribution in [2.75, 3.05) is 26.3 Å². The summed E-state index contributed by atoms with van der Waals surface area (Å²) in [6.45, 7) is 8.27. The number of aliphatic hydroxyl groups excluding tert-OH is 1. The molecule has 2 aromatic rings. The fraction of sp³-hybridized carbons (Fsp3) is 0.524. The van der Waals surface area contributed by atoms with Crippen LogP contribution < -0.4 is 0 Å². The van der Waals surface area contributed by atoms with Crippen molar-refractivity contribution < 1.29 is 9.84 Å². The number of aromatic nitrogens is 1. The summed E-state index contributed by atoms with van der Waals surface area (Å²) in [6, 6.07) is 8.81. The molecule has 0 radical (unpaired) electrons. The smallest absolute Gasteiger partial charge is 0.0900 e. The van der Waals surface area contributed by atoms with Crippen molar-refractivity contribution >= 4 is 10.9 Å². The Morgan fingerprint density at radius 2 is 2.16 bits per heavy atom. The standard InChI is InChI=1S/C21H28N2O2/c1-2-11-25-15-17(24)13-22-10-9-21-19(14-22)18-5-3-4-6-20(18)23(21)12-16-7-8-16/h2-6,16-17,24H,1,7-15H2. The van der Waals surface area contributed by atoms with Crippen molar-refractivity contribution in [3.05, 3.63) is 48.2 Å². The molecule has 1 fully saturated rings. The molecule has 1 N–H and O–H groups in total. The molecule has 1 aliphatic heterocycles. The summed E-state index contributed by atoms with van der Waals surface area (Å²) in [5, 5.41) is 11.6. The van der Waals surface area contributed by atoms with Crippen LogP contribution in [-0.2, 0) is 24.2 Å². The van der Waals surface area contributed by atoms with Gasteiger partial charge in [-0.25, -0.2) is 0 Å². The number of para-hydroxylation sites is 1. The summed E-state index contributed by atoms with van der Waals surface area (Å²) in [7, 11) is 0. The minimum absolute atomic E-state index is 0.374. The highest BCUT2D eigenvalue weighted by molar-refractivity contribution is 5.85. The van der Waals surface area contributed by atoms with E-state index in [1.165, 1.54) is 41.5 Å². The third-order valence-corrected chi connectivity index (χ3v) is 5.39. The van der Waals surface area contributed by atoms with E-state index in [-0.39, 0.29) is 0 Å². The lowest BCUT2D eigenvalue weighted by molar-refractivity contribution is 0.0235. The van der Waals surface area contributed by atoms with E-state index in [1.807, 2.05) is 0 Å². The molecule has 134 valence electrons. The Bertz CT molecular complexity index is 748. The maximum absolute atomic E-state index is 10.2. The van der Waals surface area contributed by atoms with Crippen LogP contribution in [0.3, 0.4) is 0 Å². The molecule has 4 nitrogen and oxygen atoms in total. The summed E-state index contributed by atoms with van der Waals surface area (Å²) < 4.78 is 7.95. The number of benzene rings is 1. The van der Waals surface area contributed by atoms with E-state index in [1.54, 1.807) is 6.08 Å². The van der Waals surface area contributed by atoms with Crippen LogP contribution in [0.25, 0.3) is 10.9 Å². The van der Waals surface area contributed by atoms with Crippen LogP contribution in [-0.4, -0.2) is 47.0 Å². The first kappa shape index (κ1) is 16.8. The van der Waals surface area contributed by atoms with Gasteiger partial charge in [0.15, 0.2) is 0 Å². The molecular weight excluding hydrogens is 312 g/mol. The van der Waals surface area contributed by atoms with E-state index >= 15 is 0 Å². The van der Waals surface area contributed by atoms with E-state index in [0.717, 1.165) is 25.4 Å². The number of hydrogen-bond acceptors (Lipinski definition) is 3. The van der Waals surface area contributed by atoms with Gasteiger partial charge in [0.1, 0.15) is 0 Å². The van der Waals surface area contributed by atoms with Gasteiger partial charge in [-0.1, -0.05) is 24.3 Å². The Morgan fingerprint density at radius 1 is 1.32 bits per heavy atom. The van der Waals surface area contributed by atoms with Gasteiger partial charge in [-0.3, -0.25) is 4.90 Å². The highest BCUT2D eigenvalue weighted by atomic mass is 16.5. The van der Waals surface area contributed by atoms with Crippen LogP contribution in [0.2, 0.25) is 0 Å². The van der Waals surface area contributed by atoms with Crippen LogP contribution in [0.4, 0.5) is 0 Å². The lowest BCUT2D eigenvalue weighted by Crippen LogP contribution is -2.38. The van der Waals surface area contributed by atoms with Crippen LogP contribution in [0, 0.1) is 5.92 Å². The van der Waals surface area contributed by atoms with Crippen molar-refractivity contribution in [2.24, 2.45) is 5.92 Å². The maximum Gasteiger partial charge on any atom is 0.0900 e. The van der Waals surface area contributed by atoms with Gasteiger partial charge in [0.05, 0.1) is 19.3 Å². The van der Waals surface area contributed by atoms with Crippen molar-refractivity contribution in [3.8, 4) is 0 Å². The molecule has 0 bridgehead atoms. The summed E-state index contributed by atoms with van der Waals surface area (Å²) in [4.78, 5) is 2.36. The molecule has 0 amide bonds. The lowest BCUT2D eigenvalue weighted by Gasteiger charge is -2.29. The second-order valence-corrected chi connectivity index (χ2v) is 7.46. The average Bonchev–Trinajstić information content (AvgIpc) is 3.39. The van der Waals surface area contributed by atoms with Gasteiger partial charge in [0, 0.05) is 49.2 Å². The fourth-order valence-corrected chi connectivity index (χ4v) is 4.02. The van der Waals surface area contributed by atoms with E-state index < -0.39 is 6.10 Å². The largest absolute Gasteiger partial charge is 0.389 e. The molecule has 2 heterocycles. The minimum atomic E-state index is -0.443. The van der Waals surface area contributed by atoms with Crippen molar-refractivity contribution in [1.29, 1.82) is 0 Å². The molecule has 1 saturated carbocycles. The molecule has 1 aromatic carbocycles. The average molecular weight is 340 g/mol. The van der Waals surface area contributed by atoms with Gasteiger partial charge in [-0.2, -0.15) is 0 Å². The quantitative estimate of drug-likeness (QED) is 0.593. The summed E-state index contributed by atoms with van der Waals surface area (Å²) in [6.07, 6.45) is 5.10. The van der Waals surface area contributed by atoms with E-state index in [0.29, 0.717) is 19.8 Å². The van der Waals surface area contributed by atoms with Gasteiger partial charge >= 0.3 is 0 Å². The van der Waals surface area contributed by atoms with Crippen LogP contribution >= 0.6 is 0 Å². The normalized spacial score (nSPS) is 19.1. The first-order chi connectivity index (χ1) is 12.3. The van der Waals surface area contributed by atoms with Crippen LogP contribution in [0.1, 0.15) is 24.1 Å². The zero-order valence-electron chi connectivity index (χ0n) is 14.9. The van der Waals surface area contributed by atoms with Gasteiger partial charge in [-0.05, 0) is 30.4 Å². The number of hydrogen-bond donors (Lipinski definition) is 1. The first-order valence-corrected chi connectivity index (χ1v) is 9.44. The second-order valence-electron chi connectivity index (χ2n) is 7.46. The first-order valence-electron chi connectivity index (χ1n) is 9.44. The zero-order chi connectivity index (χ0) is 17.2. The highest BCUT2D eigenvalue weighted by Gasteiger charge is 2.28. The molecule has 1 aromatic heterocycles. The summed E-state index contributed by atoms with van der Waals surface area (Å²) in [5.74, 6) is 0.877. The number of aliphatic hydroxyl groups is 1. The Kier molecular flexibility index (Phi) is 4.93. The second kappa shape index (κ2) is 7.32. The van der Waals surface area contributed by atoms with Crippen molar-refractivity contribution in [1.82, 2.24) is 9.47 Å². The van der Waals surface area contributed by atoms with E-state index in [4.69, 9.17) is 4.74 Å². The van der Waals surface area contributed by atoms with Gasteiger partial charge in [-0.15, -0.1) is 6.58 Å². The van der Waals surface area contributed by atoms with Gasteiger partial charge < -0.3 is 14.4 Å². The Morgan fingerprint density at radius 3 is 2.96 bits per heavy atom. The Hall–Kier alpha value is -1.62. The molecule has 4 heteroatoms. The third kappa shape index (κ3) is 3.66. The van der Waals surface area contributed by atoms with Crippen LogP contribution in [0.5, 0.6) is 0 Å². The maximum atomic E-state index is 10.2.